The van der Waals surface area contributed by atoms with Crippen LogP contribution in [0.1, 0.15) is 27.1 Å². The lowest BCUT2D eigenvalue weighted by Gasteiger charge is -2.30. The fourth-order valence-electron chi connectivity index (χ4n) is 5.17. The van der Waals surface area contributed by atoms with Gasteiger partial charge in [0.15, 0.2) is 5.60 Å². The molecule has 0 saturated carbocycles. The second-order valence-electron chi connectivity index (χ2n) is 8.65. The van der Waals surface area contributed by atoms with Gasteiger partial charge in [-0.1, -0.05) is 127 Å². The molecule has 1 aliphatic carbocycles. The smallest absolute Gasteiger partial charge is 0.152 e. The van der Waals surface area contributed by atoms with E-state index in [9.17, 15) is 5.11 Å². The van der Waals surface area contributed by atoms with Crippen molar-refractivity contribution in [3.05, 3.63) is 166 Å². The molecule has 6 rings (SSSR count). The monoisotopic (exact) mass is 468 g/mol. The summed E-state index contributed by atoms with van der Waals surface area (Å²) in [5.41, 5.74) is 6.87. The van der Waals surface area contributed by atoms with Crippen LogP contribution in [0.4, 0.5) is 0 Å². The van der Waals surface area contributed by atoms with Crippen molar-refractivity contribution in [2.75, 3.05) is 0 Å². The van der Waals surface area contributed by atoms with Gasteiger partial charge in [-0.2, -0.15) is 0 Å². The molecule has 1 aromatic heterocycles. The molecule has 0 aliphatic heterocycles. The van der Waals surface area contributed by atoms with Crippen molar-refractivity contribution in [2.24, 2.45) is 0 Å². The van der Waals surface area contributed by atoms with Gasteiger partial charge in [-0.15, -0.1) is 11.3 Å². The van der Waals surface area contributed by atoms with Crippen molar-refractivity contribution in [1.82, 2.24) is 0 Å². The van der Waals surface area contributed by atoms with Crippen LogP contribution >= 0.6 is 11.3 Å². The maximum Gasteiger partial charge on any atom is 0.152 e. The predicted molar refractivity (Wildman–Crippen MR) is 148 cm³/mol. The van der Waals surface area contributed by atoms with Crippen LogP contribution < -0.4 is 0 Å². The van der Waals surface area contributed by atoms with Crippen molar-refractivity contribution < 1.29 is 5.11 Å². The zero-order valence-corrected chi connectivity index (χ0v) is 20.0. The van der Waals surface area contributed by atoms with E-state index in [0.29, 0.717) is 0 Å². The highest BCUT2D eigenvalue weighted by atomic mass is 32.1. The molecule has 0 fully saturated rings. The van der Waals surface area contributed by atoms with Gasteiger partial charge in [0.05, 0.1) is 0 Å². The largest absolute Gasteiger partial charge is 0.375 e. The summed E-state index contributed by atoms with van der Waals surface area (Å²) in [5, 5.41) is 15.1. The average Bonchev–Trinajstić information content (AvgIpc) is 3.57. The third kappa shape index (κ3) is 3.59. The number of benzene rings is 4. The fraction of sp³-hybridized carbons (Fsp3) is 0.0303. The van der Waals surface area contributed by atoms with E-state index < -0.39 is 5.60 Å². The molecule has 0 bridgehead atoms. The van der Waals surface area contributed by atoms with E-state index in [4.69, 9.17) is 0 Å². The Kier molecular flexibility index (Phi) is 5.54. The molecule has 0 unspecified atom stereocenters. The summed E-state index contributed by atoms with van der Waals surface area (Å²) in [5.74, 6) is 0. The third-order valence-electron chi connectivity index (χ3n) is 6.60. The lowest BCUT2D eigenvalue weighted by Crippen LogP contribution is -2.26. The van der Waals surface area contributed by atoms with Crippen LogP contribution in [0.5, 0.6) is 0 Å². The van der Waals surface area contributed by atoms with Crippen molar-refractivity contribution in [2.45, 2.75) is 5.60 Å². The zero-order chi connectivity index (χ0) is 23.7. The number of allylic oxidation sites excluding steroid dienone is 2. The molecule has 1 N–H and O–H groups in total. The summed E-state index contributed by atoms with van der Waals surface area (Å²) >= 11 is 1.59. The highest BCUT2D eigenvalue weighted by Crippen LogP contribution is 2.61. The van der Waals surface area contributed by atoms with Crippen LogP contribution in [0.2, 0.25) is 0 Å². The summed E-state index contributed by atoms with van der Waals surface area (Å²) in [6.07, 6.45) is 0. The summed E-state index contributed by atoms with van der Waals surface area (Å²) in [6.45, 7) is 0. The summed E-state index contributed by atoms with van der Waals surface area (Å²) in [4.78, 5) is 0.912. The van der Waals surface area contributed by atoms with Crippen molar-refractivity contribution >= 4 is 33.6 Å². The molecule has 1 aliphatic rings. The van der Waals surface area contributed by atoms with Gasteiger partial charge in [0.1, 0.15) is 0 Å². The molecular formula is C33H24OS. The van der Waals surface area contributed by atoms with Gasteiger partial charge in [0, 0.05) is 16.0 Å². The fourth-order valence-corrected chi connectivity index (χ4v) is 6.01. The van der Waals surface area contributed by atoms with E-state index in [1.54, 1.807) is 11.3 Å². The second kappa shape index (κ2) is 8.99. The van der Waals surface area contributed by atoms with Crippen LogP contribution in [0.25, 0.3) is 22.3 Å². The minimum absolute atomic E-state index is 0.912. The lowest BCUT2D eigenvalue weighted by molar-refractivity contribution is 0.171. The quantitative estimate of drug-likeness (QED) is 0.276. The first kappa shape index (κ1) is 21.5. The summed E-state index contributed by atoms with van der Waals surface area (Å²) in [6, 6.07) is 45.6. The maximum absolute atomic E-state index is 13.0. The van der Waals surface area contributed by atoms with Crippen molar-refractivity contribution in [3.63, 3.8) is 0 Å². The predicted octanol–water partition coefficient (Wildman–Crippen LogP) is 8.17. The Morgan fingerprint density at radius 2 is 0.800 bits per heavy atom. The van der Waals surface area contributed by atoms with E-state index in [0.717, 1.165) is 49.4 Å². The molecule has 0 saturated heterocycles. The zero-order valence-electron chi connectivity index (χ0n) is 19.1. The number of hydrogen-bond acceptors (Lipinski definition) is 2. The van der Waals surface area contributed by atoms with Gasteiger partial charge in [0.25, 0.3) is 0 Å². The van der Waals surface area contributed by atoms with E-state index in [-0.39, 0.29) is 0 Å². The molecule has 0 amide bonds. The van der Waals surface area contributed by atoms with Gasteiger partial charge in [0.2, 0.25) is 0 Å². The van der Waals surface area contributed by atoms with Gasteiger partial charge < -0.3 is 5.11 Å². The molecular weight excluding hydrogens is 444 g/mol. The van der Waals surface area contributed by atoms with Crippen LogP contribution in [-0.4, -0.2) is 5.11 Å². The Bertz CT molecular complexity index is 1400. The number of aliphatic hydroxyl groups is 1. The summed E-state index contributed by atoms with van der Waals surface area (Å²) in [7, 11) is 0. The molecule has 1 nitrogen and oxygen atoms in total. The van der Waals surface area contributed by atoms with Crippen LogP contribution in [-0.2, 0) is 5.60 Å². The molecule has 35 heavy (non-hydrogen) atoms. The normalized spacial score (nSPS) is 15.0. The first-order chi connectivity index (χ1) is 17.3. The Hall–Kier alpha value is -3.98. The number of thiophene rings is 1. The molecule has 2 heteroatoms. The Morgan fingerprint density at radius 3 is 1.14 bits per heavy atom. The molecule has 0 spiro atoms. The van der Waals surface area contributed by atoms with E-state index >= 15 is 0 Å². The van der Waals surface area contributed by atoms with Gasteiger partial charge in [-0.25, -0.2) is 0 Å². The van der Waals surface area contributed by atoms with Crippen molar-refractivity contribution in [3.8, 4) is 0 Å². The highest BCUT2D eigenvalue weighted by Gasteiger charge is 2.49. The van der Waals surface area contributed by atoms with Crippen LogP contribution in [0.15, 0.2) is 139 Å². The highest BCUT2D eigenvalue weighted by molar-refractivity contribution is 7.10. The Morgan fingerprint density at radius 1 is 0.429 bits per heavy atom. The summed E-state index contributed by atoms with van der Waals surface area (Å²) < 4.78 is 0. The first-order valence-corrected chi connectivity index (χ1v) is 12.6. The van der Waals surface area contributed by atoms with Crippen LogP contribution in [0, 0.1) is 0 Å². The molecule has 5 aromatic rings. The Labute approximate surface area is 210 Å². The van der Waals surface area contributed by atoms with Gasteiger partial charge >= 0.3 is 0 Å². The molecule has 0 atom stereocenters. The van der Waals surface area contributed by atoms with Crippen LogP contribution in [0.3, 0.4) is 0 Å². The van der Waals surface area contributed by atoms with Crippen molar-refractivity contribution in [1.29, 1.82) is 0 Å². The average molecular weight is 469 g/mol. The second-order valence-corrected chi connectivity index (χ2v) is 9.60. The maximum atomic E-state index is 13.0. The standard InChI is InChI=1S/C33H24OS/c34-33(28-22-13-23-35-28)31(26-18-9-3-10-19-26)29(24-14-5-1-6-15-24)30(25-16-7-2-8-17-25)32(33)27-20-11-4-12-21-27/h1-23,34H. The van der Waals surface area contributed by atoms with Gasteiger partial charge in [-0.3, -0.25) is 0 Å². The lowest BCUT2D eigenvalue weighted by atomic mass is 9.80. The van der Waals surface area contributed by atoms with Gasteiger partial charge in [-0.05, 0) is 44.8 Å². The Balaban J connectivity index is 1.82. The van der Waals surface area contributed by atoms with E-state index in [1.807, 2.05) is 66.0 Å². The third-order valence-corrected chi connectivity index (χ3v) is 7.58. The molecule has 4 aromatic carbocycles. The first-order valence-electron chi connectivity index (χ1n) is 11.8. The van der Waals surface area contributed by atoms with E-state index in [1.165, 1.54) is 0 Å². The SMILES string of the molecule is OC1(c2cccs2)C(c2ccccc2)=C(c2ccccc2)C(c2ccccc2)=C1c1ccccc1. The minimum atomic E-state index is -1.31. The number of hydrogen-bond donors (Lipinski definition) is 1. The molecule has 1 heterocycles. The minimum Gasteiger partial charge on any atom is -0.375 e. The topological polar surface area (TPSA) is 20.2 Å². The number of rotatable bonds is 5. The molecule has 168 valence electrons. The molecule has 0 radical (unpaired) electrons. The van der Waals surface area contributed by atoms with E-state index in [2.05, 4.69) is 72.8 Å².